The summed E-state index contributed by atoms with van der Waals surface area (Å²) in [5, 5.41) is 3.40. The topological polar surface area (TPSA) is 43.4 Å². The zero-order valence-corrected chi connectivity index (χ0v) is 11.9. The summed E-state index contributed by atoms with van der Waals surface area (Å²) in [5.74, 6) is 1.57. The molecule has 4 nitrogen and oxygen atoms in total. The minimum atomic E-state index is 0.462. The predicted octanol–water partition coefficient (Wildman–Crippen LogP) is 2.39. The van der Waals surface area contributed by atoms with Crippen molar-refractivity contribution in [2.45, 2.75) is 39.3 Å². The Morgan fingerprint density at radius 1 is 1.42 bits per heavy atom. The molecule has 1 saturated heterocycles. The molecule has 1 aliphatic rings. The molecular formula is C15H24N2O2. The van der Waals surface area contributed by atoms with Gasteiger partial charge in [-0.25, -0.2) is 0 Å². The lowest BCUT2D eigenvalue weighted by atomic mass is 10.0. The Labute approximate surface area is 115 Å². The minimum Gasteiger partial charge on any atom is -0.493 e. The first-order chi connectivity index (χ1) is 9.25. The highest BCUT2D eigenvalue weighted by Gasteiger charge is 2.15. The Hall–Kier alpha value is -1.13. The largest absolute Gasteiger partial charge is 0.493 e. The van der Waals surface area contributed by atoms with Gasteiger partial charge in [-0.3, -0.25) is 4.98 Å². The molecule has 0 aliphatic carbocycles. The number of nitrogens with zero attached hydrogens (tertiary/aromatic N) is 1. The van der Waals surface area contributed by atoms with E-state index < -0.39 is 0 Å². The highest BCUT2D eigenvalue weighted by molar-refractivity contribution is 5.30. The number of hydrogen-bond acceptors (Lipinski definition) is 4. The molecule has 0 bridgehead atoms. The number of rotatable bonds is 6. The van der Waals surface area contributed by atoms with Gasteiger partial charge < -0.3 is 14.8 Å². The van der Waals surface area contributed by atoms with E-state index in [4.69, 9.17) is 9.47 Å². The monoisotopic (exact) mass is 264 g/mol. The fourth-order valence-corrected chi connectivity index (χ4v) is 2.12. The number of ether oxygens (including phenoxy) is 2. The van der Waals surface area contributed by atoms with E-state index in [2.05, 4.69) is 24.1 Å². The van der Waals surface area contributed by atoms with Crippen LogP contribution >= 0.6 is 0 Å². The lowest BCUT2D eigenvalue weighted by molar-refractivity contribution is 0.0496. The summed E-state index contributed by atoms with van der Waals surface area (Å²) in [5.41, 5.74) is 1.13. The van der Waals surface area contributed by atoms with Crippen LogP contribution in [0.1, 0.15) is 32.3 Å². The molecule has 1 aromatic heterocycles. The molecule has 0 aromatic carbocycles. The van der Waals surface area contributed by atoms with E-state index >= 15 is 0 Å². The van der Waals surface area contributed by atoms with Gasteiger partial charge in [0.2, 0.25) is 0 Å². The van der Waals surface area contributed by atoms with E-state index in [1.54, 1.807) is 6.20 Å². The van der Waals surface area contributed by atoms with Gasteiger partial charge in [-0.05, 0) is 24.8 Å². The van der Waals surface area contributed by atoms with Gasteiger partial charge in [0.05, 0.1) is 6.61 Å². The third kappa shape index (κ3) is 4.80. The van der Waals surface area contributed by atoms with Crippen LogP contribution in [0.2, 0.25) is 0 Å². The average Bonchev–Trinajstić information content (AvgIpc) is 2.45. The number of pyridine rings is 1. The summed E-state index contributed by atoms with van der Waals surface area (Å²) >= 11 is 0. The third-order valence-electron chi connectivity index (χ3n) is 3.38. The minimum absolute atomic E-state index is 0.462. The first kappa shape index (κ1) is 14.3. The molecule has 0 amide bonds. The van der Waals surface area contributed by atoms with E-state index in [9.17, 15) is 0 Å². The van der Waals surface area contributed by atoms with E-state index in [0.717, 1.165) is 50.5 Å². The maximum absolute atomic E-state index is 5.97. The zero-order chi connectivity index (χ0) is 13.5. The maximum Gasteiger partial charge on any atom is 0.126 e. The quantitative estimate of drug-likeness (QED) is 0.856. The first-order valence-corrected chi connectivity index (χ1v) is 7.12. The molecule has 2 rings (SSSR count). The summed E-state index contributed by atoms with van der Waals surface area (Å²) in [6.07, 6.45) is 5.88. The molecule has 0 atom stereocenters. The molecule has 0 spiro atoms. The summed E-state index contributed by atoms with van der Waals surface area (Å²) < 4.78 is 11.3. The van der Waals surface area contributed by atoms with Crippen molar-refractivity contribution in [3.63, 3.8) is 0 Å². The molecular weight excluding hydrogens is 240 g/mol. The second-order valence-electron chi connectivity index (χ2n) is 5.39. The normalized spacial score (nSPS) is 16.8. The number of aromatic nitrogens is 1. The lowest BCUT2D eigenvalue weighted by Gasteiger charge is -2.22. The highest BCUT2D eigenvalue weighted by atomic mass is 16.5. The van der Waals surface area contributed by atoms with Crippen LogP contribution in [0, 0.1) is 5.92 Å². The Morgan fingerprint density at radius 3 is 2.95 bits per heavy atom. The van der Waals surface area contributed by atoms with Crippen molar-refractivity contribution in [1.29, 1.82) is 0 Å². The summed E-state index contributed by atoms with van der Waals surface area (Å²) in [7, 11) is 0. The Morgan fingerprint density at radius 2 is 2.21 bits per heavy atom. The van der Waals surface area contributed by atoms with Crippen LogP contribution in [0.15, 0.2) is 18.5 Å². The van der Waals surface area contributed by atoms with Crippen molar-refractivity contribution in [3.05, 3.63) is 24.0 Å². The van der Waals surface area contributed by atoms with Crippen molar-refractivity contribution >= 4 is 0 Å². The van der Waals surface area contributed by atoms with E-state index in [-0.39, 0.29) is 0 Å². The summed E-state index contributed by atoms with van der Waals surface area (Å²) in [6.45, 7) is 7.59. The summed E-state index contributed by atoms with van der Waals surface area (Å²) in [4.78, 5) is 4.18. The fourth-order valence-electron chi connectivity index (χ4n) is 2.12. The van der Waals surface area contributed by atoms with Crippen molar-refractivity contribution in [1.82, 2.24) is 10.3 Å². The SMILES string of the molecule is CC(C)NCc1cnccc1OCC1CCOCC1. The zero-order valence-electron chi connectivity index (χ0n) is 11.9. The summed E-state index contributed by atoms with van der Waals surface area (Å²) in [6, 6.07) is 2.42. The standard InChI is InChI=1S/C15H24N2O2/c1-12(2)17-10-14-9-16-6-3-15(14)19-11-13-4-7-18-8-5-13/h3,6,9,12-13,17H,4-5,7-8,10-11H2,1-2H3. The molecule has 0 saturated carbocycles. The van der Waals surface area contributed by atoms with Crippen molar-refractivity contribution < 1.29 is 9.47 Å². The van der Waals surface area contributed by atoms with Crippen LogP contribution in [0.4, 0.5) is 0 Å². The second-order valence-corrected chi connectivity index (χ2v) is 5.39. The van der Waals surface area contributed by atoms with E-state index in [0.29, 0.717) is 12.0 Å². The van der Waals surface area contributed by atoms with Crippen LogP contribution in [-0.4, -0.2) is 30.8 Å². The van der Waals surface area contributed by atoms with Gasteiger partial charge in [0.25, 0.3) is 0 Å². The van der Waals surface area contributed by atoms with Gasteiger partial charge in [0.15, 0.2) is 0 Å². The van der Waals surface area contributed by atoms with Gasteiger partial charge in [-0.2, -0.15) is 0 Å². The molecule has 4 heteroatoms. The van der Waals surface area contributed by atoms with Crippen molar-refractivity contribution in [2.24, 2.45) is 5.92 Å². The molecule has 2 heterocycles. The van der Waals surface area contributed by atoms with Crippen LogP contribution in [0.25, 0.3) is 0 Å². The number of hydrogen-bond donors (Lipinski definition) is 1. The highest BCUT2D eigenvalue weighted by Crippen LogP contribution is 2.20. The molecule has 1 fully saturated rings. The molecule has 19 heavy (non-hydrogen) atoms. The fraction of sp³-hybridized carbons (Fsp3) is 0.667. The molecule has 0 unspecified atom stereocenters. The molecule has 1 aromatic rings. The second kappa shape index (κ2) is 7.46. The predicted molar refractivity (Wildman–Crippen MR) is 75.3 cm³/mol. The van der Waals surface area contributed by atoms with Crippen LogP contribution in [0.3, 0.4) is 0 Å². The smallest absolute Gasteiger partial charge is 0.126 e. The van der Waals surface area contributed by atoms with E-state index in [1.807, 2.05) is 12.3 Å². The van der Waals surface area contributed by atoms with Gasteiger partial charge in [-0.1, -0.05) is 13.8 Å². The van der Waals surface area contributed by atoms with Crippen LogP contribution in [0.5, 0.6) is 5.75 Å². The van der Waals surface area contributed by atoms with Crippen LogP contribution < -0.4 is 10.1 Å². The Bertz CT molecular complexity index is 376. The van der Waals surface area contributed by atoms with E-state index in [1.165, 1.54) is 0 Å². The molecule has 1 aliphatic heterocycles. The third-order valence-corrected chi connectivity index (χ3v) is 3.38. The Balaban J connectivity index is 1.87. The molecule has 0 radical (unpaired) electrons. The van der Waals surface area contributed by atoms with Crippen molar-refractivity contribution in [3.8, 4) is 5.75 Å². The molecule has 1 N–H and O–H groups in total. The Kier molecular flexibility index (Phi) is 5.61. The van der Waals surface area contributed by atoms with Gasteiger partial charge >= 0.3 is 0 Å². The van der Waals surface area contributed by atoms with Gasteiger partial charge in [-0.15, -0.1) is 0 Å². The van der Waals surface area contributed by atoms with Crippen molar-refractivity contribution in [2.75, 3.05) is 19.8 Å². The first-order valence-electron chi connectivity index (χ1n) is 7.12. The maximum atomic E-state index is 5.97. The lowest BCUT2D eigenvalue weighted by Crippen LogP contribution is -2.24. The van der Waals surface area contributed by atoms with Gasteiger partial charge in [0.1, 0.15) is 5.75 Å². The van der Waals surface area contributed by atoms with Crippen LogP contribution in [-0.2, 0) is 11.3 Å². The number of nitrogens with one attached hydrogen (secondary N) is 1. The molecule has 106 valence electrons. The van der Waals surface area contributed by atoms with Gasteiger partial charge in [0, 0.05) is 43.8 Å². The average molecular weight is 264 g/mol.